The number of benzene rings is 1. The number of hydrogen-bond donors (Lipinski definition) is 1. The first kappa shape index (κ1) is 15.7. The van der Waals surface area contributed by atoms with Crippen LogP contribution >= 0.6 is 11.3 Å². The van der Waals surface area contributed by atoms with Gasteiger partial charge in [0.15, 0.2) is 22.3 Å². The fraction of sp³-hybridized carbons (Fsp3) is 0.222. The summed E-state index contributed by atoms with van der Waals surface area (Å²) in [5, 5.41) is 5.51. The largest absolute Gasteiger partial charge is 0.486 e. The van der Waals surface area contributed by atoms with Crippen molar-refractivity contribution >= 4 is 22.9 Å². The normalized spacial score (nSPS) is 12.8. The minimum absolute atomic E-state index is 0.135. The fourth-order valence-electron chi connectivity index (χ4n) is 2.54. The van der Waals surface area contributed by atoms with Gasteiger partial charge in [0.1, 0.15) is 19.0 Å². The summed E-state index contributed by atoms with van der Waals surface area (Å²) in [6.45, 7) is 2.94. The topological polar surface area (TPSA) is 73.6 Å². The van der Waals surface area contributed by atoms with Crippen LogP contribution in [-0.4, -0.2) is 24.1 Å². The molecule has 3 aromatic rings. The van der Waals surface area contributed by atoms with Gasteiger partial charge in [-0.2, -0.15) is 0 Å². The van der Waals surface area contributed by atoms with E-state index in [1.54, 1.807) is 18.2 Å². The Morgan fingerprint density at radius 1 is 1.20 bits per heavy atom. The maximum Gasteiger partial charge on any atom is 0.230 e. The molecule has 3 heterocycles. The number of furan rings is 1. The van der Waals surface area contributed by atoms with Gasteiger partial charge in [-0.15, -0.1) is 11.3 Å². The lowest BCUT2D eigenvalue weighted by Crippen LogP contribution is -2.17. The lowest BCUT2D eigenvalue weighted by Gasteiger charge is -2.18. The van der Waals surface area contributed by atoms with Crippen LogP contribution in [0, 0.1) is 6.92 Å². The Balaban J connectivity index is 1.41. The van der Waals surface area contributed by atoms with E-state index in [4.69, 9.17) is 13.9 Å². The maximum atomic E-state index is 12.3. The highest BCUT2D eigenvalue weighted by atomic mass is 32.1. The molecule has 128 valence electrons. The first-order valence-electron chi connectivity index (χ1n) is 7.88. The second-order valence-electron chi connectivity index (χ2n) is 5.64. The molecular weight excluding hydrogens is 340 g/mol. The zero-order valence-corrected chi connectivity index (χ0v) is 14.4. The van der Waals surface area contributed by atoms with Crippen molar-refractivity contribution < 1.29 is 18.7 Å². The smallest absolute Gasteiger partial charge is 0.230 e. The lowest BCUT2D eigenvalue weighted by atomic mass is 10.2. The molecule has 1 aliphatic heterocycles. The minimum Gasteiger partial charge on any atom is -0.486 e. The van der Waals surface area contributed by atoms with Crippen LogP contribution in [0.25, 0.3) is 10.8 Å². The number of aromatic nitrogens is 1. The number of hydrogen-bond acceptors (Lipinski definition) is 6. The standard InChI is InChI=1S/C18H16N2O4S/c1-11-2-4-15(24-11)18-20-13(10-25-18)9-17(21)19-12-3-5-14-16(8-12)23-7-6-22-14/h2-5,8,10H,6-7,9H2,1H3,(H,19,21). The number of carbonyl (C=O) groups excluding carboxylic acids is 1. The number of rotatable bonds is 4. The molecule has 1 aliphatic rings. The number of thiazole rings is 1. The summed E-state index contributed by atoms with van der Waals surface area (Å²) in [7, 11) is 0. The highest BCUT2D eigenvalue weighted by Crippen LogP contribution is 2.32. The fourth-order valence-corrected chi connectivity index (χ4v) is 3.32. The average molecular weight is 356 g/mol. The Morgan fingerprint density at radius 3 is 2.84 bits per heavy atom. The van der Waals surface area contributed by atoms with E-state index in [1.165, 1.54) is 11.3 Å². The van der Waals surface area contributed by atoms with Gasteiger partial charge in [-0.1, -0.05) is 0 Å². The molecule has 25 heavy (non-hydrogen) atoms. The van der Waals surface area contributed by atoms with Crippen LogP contribution < -0.4 is 14.8 Å². The molecule has 0 unspecified atom stereocenters. The van der Waals surface area contributed by atoms with Crippen molar-refractivity contribution in [1.29, 1.82) is 0 Å². The van der Waals surface area contributed by atoms with E-state index in [9.17, 15) is 4.79 Å². The van der Waals surface area contributed by atoms with Gasteiger partial charge in [-0.3, -0.25) is 4.79 Å². The summed E-state index contributed by atoms with van der Waals surface area (Å²) in [5.74, 6) is 2.77. The Labute approximate surface area is 148 Å². The minimum atomic E-state index is -0.135. The van der Waals surface area contributed by atoms with Gasteiger partial charge in [-0.05, 0) is 31.2 Å². The zero-order valence-electron chi connectivity index (χ0n) is 13.6. The van der Waals surface area contributed by atoms with Gasteiger partial charge >= 0.3 is 0 Å². The quantitative estimate of drug-likeness (QED) is 0.772. The molecule has 1 aromatic carbocycles. The van der Waals surface area contributed by atoms with Gasteiger partial charge in [0.2, 0.25) is 5.91 Å². The molecular formula is C18H16N2O4S. The highest BCUT2D eigenvalue weighted by Gasteiger charge is 2.14. The molecule has 6 nitrogen and oxygen atoms in total. The third kappa shape index (κ3) is 3.51. The number of nitrogens with one attached hydrogen (secondary N) is 1. The number of fused-ring (bicyclic) bond motifs is 1. The van der Waals surface area contributed by atoms with E-state index in [0.29, 0.717) is 36.1 Å². The van der Waals surface area contributed by atoms with Gasteiger partial charge in [-0.25, -0.2) is 4.98 Å². The SMILES string of the molecule is Cc1ccc(-c2nc(CC(=O)Nc3ccc4c(c3)OCCO4)cs2)o1. The molecule has 0 radical (unpaired) electrons. The van der Waals surface area contributed by atoms with Gasteiger partial charge in [0.05, 0.1) is 12.1 Å². The number of aryl methyl sites for hydroxylation is 1. The summed E-state index contributed by atoms with van der Waals surface area (Å²) in [6, 6.07) is 9.14. The Bertz CT molecular complexity index is 915. The highest BCUT2D eigenvalue weighted by molar-refractivity contribution is 7.13. The summed E-state index contributed by atoms with van der Waals surface area (Å²) >= 11 is 1.46. The van der Waals surface area contributed by atoms with Crippen LogP contribution in [0.3, 0.4) is 0 Å². The predicted molar refractivity (Wildman–Crippen MR) is 94.3 cm³/mol. The number of amides is 1. The van der Waals surface area contributed by atoms with Crippen LogP contribution in [-0.2, 0) is 11.2 Å². The van der Waals surface area contributed by atoms with Gasteiger partial charge in [0, 0.05) is 17.1 Å². The van der Waals surface area contributed by atoms with Crippen LogP contribution in [0.2, 0.25) is 0 Å². The third-order valence-electron chi connectivity index (χ3n) is 3.67. The number of carbonyl (C=O) groups is 1. The molecule has 0 spiro atoms. The van der Waals surface area contributed by atoms with E-state index in [2.05, 4.69) is 10.3 Å². The zero-order chi connectivity index (χ0) is 17.2. The maximum absolute atomic E-state index is 12.3. The first-order valence-corrected chi connectivity index (χ1v) is 8.76. The van der Waals surface area contributed by atoms with E-state index in [0.717, 1.165) is 16.5 Å². The van der Waals surface area contributed by atoms with Crippen molar-refractivity contribution in [3.05, 3.63) is 47.2 Å². The molecule has 1 amide bonds. The number of anilines is 1. The predicted octanol–water partition coefficient (Wildman–Crippen LogP) is 3.66. The monoisotopic (exact) mass is 356 g/mol. The van der Waals surface area contributed by atoms with E-state index < -0.39 is 0 Å². The molecule has 4 rings (SSSR count). The summed E-state index contributed by atoms with van der Waals surface area (Å²) in [6.07, 6.45) is 0.199. The molecule has 0 aliphatic carbocycles. The number of ether oxygens (including phenoxy) is 2. The number of nitrogens with zero attached hydrogens (tertiary/aromatic N) is 1. The van der Waals surface area contributed by atoms with E-state index in [1.807, 2.05) is 24.4 Å². The molecule has 7 heteroatoms. The van der Waals surface area contributed by atoms with Crippen LogP contribution in [0.15, 0.2) is 40.1 Å². The molecule has 0 saturated carbocycles. The van der Waals surface area contributed by atoms with Gasteiger partial charge < -0.3 is 19.2 Å². The molecule has 0 fully saturated rings. The summed E-state index contributed by atoms with van der Waals surface area (Å²) < 4.78 is 16.5. The molecule has 0 atom stereocenters. The first-order chi connectivity index (χ1) is 12.2. The molecule has 0 bridgehead atoms. The summed E-state index contributed by atoms with van der Waals surface area (Å²) in [5.41, 5.74) is 1.38. The second kappa shape index (κ2) is 6.60. The average Bonchev–Trinajstić information content (AvgIpc) is 3.23. The third-order valence-corrected chi connectivity index (χ3v) is 4.58. The Hall–Kier alpha value is -2.80. The van der Waals surface area contributed by atoms with Crippen LogP contribution in [0.4, 0.5) is 5.69 Å². The second-order valence-corrected chi connectivity index (χ2v) is 6.50. The van der Waals surface area contributed by atoms with Crippen molar-refractivity contribution in [2.45, 2.75) is 13.3 Å². The van der Waals surface area contributed by atoms with Gasteiger partial charge in [0.25, 0.3) is 0 Å². The van der Waals surface area contributed by atoms with Crippen LogP contribution in [0.5, 0.6) is 11.5 Å². The lowest BCUT2D eigenvalue weighted by molar-refractivity contribution is -0.115. The molecule has 2 aromatic heterocycles. The summed E-state index contributed by atoms with van der Waals surface area (Å²) in [4.78, 5) is 16.7. The van der Waals surface area contributed by atoms with Crippen LogP contribution in [0.1, 0.15) is 11.5 Å². The van der Waals surface area contributed by atoms with Crippen molar-refractivity contribution in [3.63, 3.8) is 0 Å². The van der Waals surface area contributed by atoms with Crippen molar-refractivity contribution in [3.8, 4) is 22.3 Å². The Morgan fingerprint density at radius 2 is 2.04 bits per heavy atom. The van der Waals surface area contributed by atoms with Crippen molar-refractivity contribution in [1.82, 2.24) is 4.98 Å². The van der Waals surface area contributed by atoms with Crippen molar-refractivity contribution in [2.24, 2.45) is 0 Å². The van der Waals surface area contributed by atoms with Crippen molar-refractivity contribution in [2.75, 3.05) is 18.5 Å². The van der Waals surface area contributed by atoms with E-state index >= 15 is 0 Å². The Kier molecular flexibility index (Phi) is 4.15. The molecule has 1 N–H and O–H groups in total. The van der Waals surface area contributed by atoms with E-state index in [-0.39, 0.29) is 12.3 Å². The molecule has 0 saturated heterocycles.